The molecule has 1 N–H and O–H groups in total. The SMILES string of the molecule is COc1cccnc1C(=O)NC1CCN(c2nccc(-c3cccnc3)n2)C1. The van der Waals surface area contributed by atoms with Gasteiger partial charge in [0.1, 0.15) is 5.75 Å². The van der Waals surface area contributed by atoms with Crippen molar-refractivity contribution in [2.24, 2.45) is 0 Å². The lowest BCUT2D eigenvalue weighted by Gasteiger charge is -2.17. The molecule has 8 nitrogen and oxygen atoms in total. The molecule has 4 heterocycles. The largest absolute Gasteiger partial charge is 0.494 e. The molecule has 28 heavy (non-hydrogen) atoms. The summed E-state index contributed by atoms with van der Waals surface area (Å²) in [6, 6.07) is 9.16. The van der Waals surface area contributed by atoms with Crippen LogP contribution in [0.5, 0.6) is 5.75 Å². The van der Waals surface area contributed by atoms with Gasteiger partial charge in [-0.2, -0.15) is 0 Å². The van der Waals surface area contributed by atoms with E-state index in [4.69, 9.17) is 4.74 Å². The monoisotopic (exact) mass is 376 g/mol. The van der Waals surface area contributed by atoms with Crippen LogP contribution in [0, 0.1) is 0 Å². The summed E-state index contributed by atoms with van der Waals surface area (Å²) in [5.41, 5.74) is 2.06. The summed E-state index contributed by atoms with van der Waals surface area (Å²) in [5.74, 6) is 0.866. The number of nitrogens with zero attached hydrogens (tertiary/aromatic N) is 5. The van der Waals surface area contributed by atoms with Crippen molar-refractivity contribution in [1.29, 1.82) is 0 Å². The Morgan fingerprint density at radius 1 is 1.18 bits per heavy atom. The fourth-order valence-electron chi connectivity index (χ4n) is 3.22. The van der Waals surface area contributed by atoms with E-state index in [9.17, 15) is 4.79 Å². The Labute approximate surface area is 162 Å². The molecule has 1 amide bonds. The summed E-state index contributed by atoms with van der Waals surface area (Å²) >= 11 is 0. The standard InChI is InChI=1S/C20H20N6O2/c1-28-17-5-3-9-22-18(17)19(27)24-15-7-11-26(13-15)20-23-10-6-16(25-20)14-4-2-8-21-12-14/h2-6,8-10,12,15H,7,11,13H2,1H3,(H,24,27). The van der Waals surface area contributed by atoms with Gasteiger partial charge in [-0.05, 0) is 36.8 Å². The third-order valence-corrected chi connectivity index (χ3v) is 4.61. The zero-order valence-electron chi connectivity index (χ0n) is 15.4. The van der Waals surface area contributed by atoms with Gasteiger partial charge in [-0.1, -0.05) is 0 Å². The van der Waals surface area contributed by atoms with Gasteiger partial charge in [-0.25, -0.2) is 15.0 Å². The summed E-state index contributed by atoms with van der Waals surface area (Å²) in [4.78, 5) is 31.9. The molecule has 1 saturated heterocycles. The smallest absolute Gasteiger partial charge is 0.274 e. The van der Waals surface area contributed by atoms with Crippen molar-refractivity contribution < 1.29 is 9.53 Å². The Kier molecular flexibility index (Phi) is 5.09. The number of methoxy groups -OCH3 is 1. The number of carbonyl (C=O) groups is 1. The Balaban J connectivity index is 1.44. The van der Waals surface area contributed by atoms with Gasteiger partial charge in [0.15, 0.2) is 5.69 Å². The van der Waals surface area contributed by atoms with E-state index >= 15 is 0 Å². The number of anilines is 1. The van der Waals surface area contributed by atoms with E-state index in [1.807, 2.05) is 18.2 Å². The highest BCUT2D eigenvalue weighted by Gasteiger charge is 2.27. The summed E-state index contributed by atoms with van der Waals surface area (Å²) in [7, 11) is 1.53. The van der Waals surface area contributed by atoms with Gasteiger partial charge in [-0.3, -0.25) is 9.78 Å². The second-order valence-corrected chi connectivity index (χ2v) is 6.44. The number of carbonyl (C=O) groups excluding carboxylic acids is 1. The molecule has 1 atom stereocenters. The normalized spacial score (nSPS) is 16.0. The molecule has 1 fully saturated rings. The molecule has 0 spiro atoms. The van der Waals surface area contributed by atoms with Crippen molar-refractivity contribution in [1.82, 2.24) is 25.3 Å². The highest BCUT2D eigenvalue weighted by molar-refractivity contribution is 5.95. The first-order valence-corrected chi connectivity index (χ1v) is 9.03. The highest BCUT2D eigenvalue weighted by Crippen LogP contribution is 2.21. The maximum Gasteiger partial charge on any atom is 0.274 e. The van der Waals surface area contributed by atoms with Gasteiger partial charge >= 0.3 is 0 Å². The van der Waals surface area contributed by atoms with Crippen LogP contribution in [0.1, 0.15) is 16.9 Å². The van der Waals surface area contributed by atoms with Crippen molar-refractivity contribution in [2.75, 3.05) is 25.1 Å². The maximum absolute atomic E-state index is 12.6. The van der Waals surface area contributed by atoms with Gasteiger partial charge in [-0.15, -0.1) is 0 Å². The molecule has 1 aliphatic rings. The van der Waals surface area contributed by atoms with E-state index in [-0.39, 0.29) is 11.9 Å². The molecule has 4 rings (SSSR count). The van der Waals surface area contributed by atoms with Crippen LogP contribution in [0.25, 0.3) is 11.3 Å². The molecule has 3 aromatic heterocycles. The minimum absolute atomic E-state index is 0.00939. The van der Waals surface area contributed by atoms with Crippen molar-refractivity contribution in [3.63, 3.8) is 0 Å². The Bertz CT molecular complexity index is 966. The highest BCUT2D eigenvalue weighted by atomic mass is 16.5. The van der Waals surface area contributed by atoms with Crippen LogP contribution in [-0.2, 0) is 0 Å². The number of rotatable bonds is 5. The van der Waals surface area contributed by atoms with Crippen LogP contribution in [-0.4, -0.2) is 52.1 Å². The van der Waals surface area contributed by atoms with Gasteiger partial charge in [0.05, 0.1) is 12.8 Å². The Hall–Kier alpha value is -3.55. The average molecular weight is 376 g/mol. The molecule has 1 aliphatic heterocycles. The number of aromatic nitrogens is 4. The van der Waals surface area contributed by atoms with E-state index in [0.29, 0.717) is 23.9 Å². The van der Waals surface area contributed by atoms with Crippen LogP contribution in [0.15, 0.2) is 55.1 Å². The average Bonchev–Trinajstić information content (AvgIpc) is 3.23. The fraction of sp³-hybridized carbons (Fsp3) is 0.250. The molecule has 0 aliphatic carbocycles. The molecule has 0 saturated carbocycles. The molecule has 0 radical (unpaired) electrons. The second-order valence-electron chi connectivity index (χ2n) is 6.44. The van der Waals surface area contributed by atoms with Gasteiger partial charge < -0.3 is 15.0 Å². The van der Waals surface area contributed by atoms with Crippen molar-refractivity contribution in [2.45, 2.75) is 12.5 Å². The van der Waals surface area contributed by atoms with Crippen LogP contribution < -0.4 is 15.0 Å². The molecule has 0 aromatic carbocycles. The number of amides is 1. The quantitative estimate of drug-likeness (QED) is 0.727. The predicted molar refractivity (Wildman–Crippen MR) is 104 cm³/mol. The number of ether oxygens (including phenoxy) is 1. The topological polar surface area (TPSA) is 93.1 Å². The fourth-order valence-corrected chi connectivity index (χ4v) is 3.22. The lowest BCUT2D eigenvalue weighted by Crippen LogP contribution is -2.37. The van der Waals surface area contributed by atoms with Crippen LogP contribution >= 0.6 is 0 Å². The molecular weight excluding hydrogens is 356 g/mol. The zero-order chi connectivity index (χ0) is 19.3. The van der Waals surface area contributed by atoms with Crippen LogP contribution in [0.4, 0.5) is 5.95 Å². The lowest BCUT2D eigenvalue weighted by atomic mass is 10.2. The summed E-state index contributed by atoms with van der Waals surface area (Å²) in [6.45, 7) is 1.40. The Morgan fingerprint density at radius 2 is 2.07 bits per heavy atom. The van der Waals surface area contributed by atoms with E-state index in [1.54, 1.807) is 36.9 Å². The first-order chi connectivity index (χ1) is 13.7. The van der Waals surface area contributed by atoms with E-state index in [0.717, 1.165) is 24.2 Å². The third kappa shape index (κ3) is 3.75. The summed E-state index contributed by atoms with van der Waals surface area (Å²) < 4.78 is 5.22. The Morgan fingerprint density at radius 3 is 2.89 bits per heavy atom. The van der Waals surface area contributed by atoms with Gasteiger partial charge in [0, 0.05) is 49.5 Å². The van der Waals surface area contributed by atoms with E-state index < -0.39 is 0 Å². The van der Waals surface area contributed by atoms with Crippen LogP contribution in [0.3, 0.4) is 0 Å². The summed E-state index contributed by atoms with van der Waals surface area (Å²) in [5, 5.41) is 3.03. The second kappa shape index (κ2) is 7.99. The third-order valence-electron chi connectivity index (χ3n) is 4.61. The maximum atomic E-state index is 12.6. The van der Waals surface area contributed by atoms with E-state index in [2.05, 4.69) is 30.2 Å². The molecule has 3 aromatic rings. The van der Waals surface area contributed by atoms with Crippen molar-refractivity contribution >= 4 is 11.9 Å². The minimum Gasteiger partial charge on any atom is -0.494 e. The van der Waals surface area contributed by atoms with E-state index in [1.165, 1.54) is 7.11 Å². The number of nitrogens with one attached hydrogen (secondary N) is 1. The first kappa shape index (κ1) is 17.8. The summed E-state index contributed by atoms with van der Waals surface area (Å²) in [6.07, 6.45) is 7.64. The van der Waals surface area contributed by atoms with Crippen LogP contribution in [0.2, 0.25) is 0 Å². The molecule has 8 heteroatoms. The molecular formula is C20H20N6O2. The van der Waals surface area contributed by atoms with Crippen molar-refractivity contribution in [3.8, 4) is 17.0 Å². The zero-order valence-corrected chi connectivity index (χ0v) is 15.4. The first-order valence-electron chi connectivity index (χ1n) is 9.03. The minimum atomic E-state index is -0.241. The predicted octanol–water partition coefficient (Wildman–Crippen LogP) is 1.95. The van der Waals surface area contributed by atoms with Gasteiger partial charge in [0.25, 0.3) is 5.91 Å². The molecule has 0 bridgehead atoms. The molecule has 1 unspecified atom stereocenters. The number of pyridine rings is 2. The number of hydrogen-bond acceptors (Lipinski definition) is 7. The lowest BCUT2D eigenvalue weighted by molar-refractivity contribution is 0.0932. The van der Waals surface area contributed by atoms with Gasteiger partial charge in [0.2, 0.25) is 5.95 Å². The molecule has 142 valence electrons. The van der Waals surface area contributed by atoms with Crippen molar-refractivity contribution in [3.05, 3.63) is 60.8 Å². The number of hydrogen-bond donors (Lipinski definition) is 1.